The van der Waals surface area contributed by atoms with Gasteiger partial charge in [0.05, 0.1) is 15.7 Å². The normalized spacial score (nSPS) is 12.7. The van der Waals surface area contributed by atoms with E-state index in [0.717, 1.165) is 26.6 Å². The summed E-state index contributed by atoms with van der Waals surface area (Å²) in [6, 6.07) is 6.31. The van der Waals surface area contributed by atoms with Crippen LogP contribution in [0.4, 0.5) is 0 Å². The highest BCUT2D eigenvalue weighted by Gasteiger charge is 2.14. The number of aryl methyl sites for hydroxylation is 2. The molecule has 0 amide bonds. The van der Waals surface area contributed by atoms with E-state index in [9.17, 15) is 0 Å². The van der Waals surface area contributed by atoms with Gasteiger partial charge >= 0.3 is 0 Å². The maximum absolute atomic E-state index is 6.16. The van der Waals surface area contributed by atoms with Crippen LogP contribution in [0.2, 0.25) is 5.02 Å². The zero-order valence-corrected chi connectivity index (χ0v) is 14.3. The van der Waals surface area contributed by atoms with Gasteiger partial charge in [0.1, 0.15) is 0 Å². The molecule has 0 aliphatic rings. The molecule has 5 heteroatoms. The Morgan fingerprint density at radius 3 is 2.68 bits per heavy atom. The van der Waals surface area contributed by atoms with Crippen molar-refractivity contribution >= 4 is 38.9 Å². The molecule has 0 radical (unpaired) electrons. The smallest absolute Gasteiger partial charge is 0.0949 e. The zero-order valence-electron chi connectivity index (χ0n) is 11.1. The number of likely N-dealkylation sites (N-methyl/N-ethyl adjacent to an activating group) is 1. The molecule has 19 heavy (non-hydrogen) atoms. The molecule has 1 aromatic carbocycles. The van der Waals surface area contributed by atoms with E-state index in [1.165, 1.54) is 10.4 Å². The molecule has 1 N–H and O–H groups in total. The van der Waals surface area contributed by atoms with Crippen LogP contribution >= 0.6 is 38.9 Å². The minimum absolute atomic E-state index is 0.232. The van der Waals surface area contributed by atoms with Crippen molar-refractivity contribution in [2.45, 2.75) is 26.3 Å². The average molecular weight is 360 g/mol. The van der Waals surface area contributed by atoms with Crippen LogP contribution < -0.4 is 5.32 Å². The summed E-state index contributed by atoms with van der Waals surface area (Å²) in [4.78, 5) is 5.89. The second-order valence-electron chi connectivity index (χ2n) is 4.47. The highest BCUT2D eigenvalue weighted by atomic mass is 79.9. The molecule has 0 bridgehead atoms. The Labute approximate surface area is 131 Å². The van der Waals surface area contributed by atoms with Gasteiger partial charge in [0, 0.05) is 21.8 Å². The zero-order chi connectivity index (χ0) is 14.0. The van der Waals surface area contributed by atoms with Gasteiger partial charge in [-0.2, -0.15) is 0 Å². The molecule has 2 aromatic rings. The Morgan fingerprint density at radius 2 is 2.16 bits per heavy atom. The largest absolute Gasteiger partial charge is 0.313 e. The predicted molar refractivity (Wildman–Crippen MR) is 86.2 cm³/mol. The van der Waals surface area contributed by atoms with Crippen LogP contribution in [-0.2, 0) is 6.42 Å². The van der Waals surface area contributed by atoms with Crippen molar-refractivity contribution in [2.24, 2.45) is 0 Å². The Balaban J connectivity index is 2.22. The van der Waals surface area contributed by atoms with Crippen molar-refractivity contribution < 1.29 is 0 Å². The summed E-state index contributed by atoms with van der Waals surface area (Å²) in [5, 5.41) is 5.24. The molecular formula is C14H16BrClN2S. The summed E-state index contributed by atoms with van der Waals surface area (Å²) in [6.45, 7) is 4.17. The van der Waals surface area contributed by atoms with Gasteiger partial charge in [0.25, 0.3) is 0 Å². The molecule has 0 spiro atoms. The van der Waals surface area contributed by atoms with Gasteiger partial charge < -0.3 is 5.32 Å². The lowest BCUT2D eigenvalue weighted by Crippen LogP contribution is -2.18. The van der Waals surface area contributed by atoms with E-state index in [0.29, 0.717) is 0 Å². The van der Waals surface area contributed by atoms with E-state index < -0.39 is 0 Å². The first-order valence-corrected chi connectivity index (χ1v) is 8.05. The summed E-state index contributed by atoms with van der Waals surface area (Å²) in [5.41, 5.74) is 2.31. The summed E-state index contributed by atoms with van der Waals surface area (Å²) in [7, 11) is 1.97. The molecule has 0 saturated carbocycles. The number of halogens is 2. The molecule has 0 fully saturated rings. The van der Waals surface area contributed by atoms with Crippen molar-refractivity contribution in [1.82, 2.24) is 10.3 Å². The highest BCUT2D eigenvalue weighted by Crippen LogP contribution is 2.28. The van der Waals surface area contributed by atoms with E-state index in [-0.39, 0.29) is 6.04 Å². The summed E-state index contributed by atoms with van der Waals surface area (Å²) in [5.74, 6) is 0. The Bertz CT molecular complexity index is 563. The molecule has 2 rings (SSSR count). The molecular weight excluding hydrogens is 344 g/mol. The van der Waals surface area contributed by atoms with Gasteiger partial charge in [-0.1, -0.05) is 17.7 Å². The number of rotatable bonds is 4. The van der Waals surface area contributed by atoms with Gasteiger partial charge in [0.15, 0.2) is 0 Å². The average Bonchev–Trinajstić information content (AvgIpc) is 2.69. The van der Waals surface area contributed by atoms with Crippen LogP contribution in [-0.4, -0.2) is 12.0 Å². The molecule has 1 atom stereocenters. The van der Waals surface area contributed by atoms with Crippen LogP contribution in [0, 0.1) is 13.8 Å². The van der Waals surface area contributed by atoms with Crippen molar-refractivity contribution in [2.75, 3.05) is 7.05 Å². The lowest BCUT2D eigenvalue weighted by atomic mass is 10.0. The van der Waals surface area contributed by atoms with E-state index in [1.807, 2.05) is 19.2 Å². The fraction of sp³-hybridized carbons (Fsp3) is 0.357. The van der Waals surface area contributed by atoms with Gasteiger partial charge in [-0.05, 0) is 54.5 Å². The second-order valence-corrected chi connectivity index (χ2v) is 7.02. The molecule has 2 nitrogen and oxygen atoms in total. The van der Waals surface area contributed by atoms with E-state index in [1.54, 1.807) is 11.3 Å². The Morgan fingerprint density at radius 1 is 1.42 bits per heavy atom. The molecule has 1 unspecified atom stereocenters. The third-order valence-electron chi connectivity index (χ3n) is 3.15. The standard InChI is InChI=1S/C14H16BrClN2S/c1-8-9(2)19-14(18-8)7-13(17-3)10-4-5-11(15)12(16)6-10/h4-6,13,17H,7H2,1-3H3. The maximum Gasteiger partial charge on any atom is 0.0949 e. The van der Waals surface area contributed by atoms with Crippen LogP contribution in [0.1, 0.15) is 27.2 Å². The lowest BCUT2D eigenvalue weighted by molar-refractivity contribution is 0.590. The Kier molecular flexibility index (Phi) is 5.01. The monoisotopic (exact) mass is 358 g/mol. The van der Waals surface area contributed by atoms with E-state index >= 15 is 0 Å². The maximum atomic E-state index is 6.16. The number of benzene rings is 1. The topological polar surface area (TPSA) is 24.9 Å². The molecule has 0 aliphatic heterocycles. The minimum atomic E-state index is 0.232. The lowest BCUT2D eigenvalue weighted by Gasteiger charge is -2.16. The third kappa shape index (κ3) is 3.57. The molecule has 1 aromatic heterocycles. The minimum Gasteiger partial charge on any atom is -0.313 e. The number of thiazole rings is 1. The predicted octanol–water partition coefficient (Wildman–Crippen LogP) is 4.68. The number of nitrogens with zero attached hydrogens (tertiary/aromatic N) is 1. The summed E-state index contributed by atoms with van der Waals surface area (Å²) in [6.07, 6.45) is 0.883. The van der Waals surface area contributed by atoms with E-state index in [4.69, 9.17) is 11.6 Å². The number of hydrogen-bond donors (Lipinski definition) is 1. The fourth-order valence-corrected chi connectivity index (χ4v) is 3.33. The first-order valence-electron chi connectivity index (χ1n) is 6.06. The van der Waals surface area contributed by atoms with Crippen LogP contribution in [0.5, 0.6) is 0 Å². The molecule has 1 heterocycles. The van der Waals surface area contributed by atoms with Crippen molar-refractivity contribution in [3.63, 3.8) is 0 Å². The molecule has 0 saturated heterocycles. The van der Waals surface area contributed by atoms with Gasteiger partial charge in [-0.15, -0.1) is 11.3 Å². The van der Waals surface area contributed by atoms with Gasteiger partial charge in [-0.3, -0.25) is 0 Å². The number of hydrogen-bond acceptors (Lipinski definition) is 3. The van der Waals surface area contributed by atoms with Crippen molar-refractivity contribution in [3.05, 3.63) is 48.8 Å². The first kappa shape index (κ1) is 15.0. The van der Waals surface area contributed by atoms with Crippen LogP contribution in [0.15, 0.2) is 22.7 Å². The van der Waals surface area contributed by atoms with Crippen LogP contribution in [0.25, 0.3) is 0 Å². The quantitative estimate of drug-likeness (QED) is 0.857. The SMILES string of the molecule is CNC(Cc1nc(C)c(C)s1)c1ccc(Br)c(Cl)c1. The van der Waals surface area contributed by atoms with Gasteiger partial charge in [-0.25, -0.2) is 4.98 Å². The third-order valence-corrected chi connectivity index (χ3v) is 5.47. The fourth-order valence-electron chi connectivity index (χ4n) is 1.92. The van der Waals surface area contributed by atoms with Crippen molar-refractivity contribution in [3.8, 4) is 0 Å². The first-order chi connectivity index (χ1) is 9.01. The number of aromatic nitrogens is 1. The Hall–Kier alpha value is -0.420. The molecule has 0 aliphatic carbocycles. The summed E-state index contributed by atoms with van der Waals surface area (Å²) < 4.78 is 0.925. The van der Waals surface area contributed by atoms with Crippen molar-refractivity contribution in [1.29, 1.82) is 0 Å². The second kappa shape index (κ2) is 6.35. The molecule has 102 valence electrons. The summed E-state index contributed by atoms with van der Waals surface area (Å²) >= 11 is 11.3. The highest BCUT2D eigenvalue weighted by molar-refractivity contribution is 9.10. The number of nitrogens with one attached hydrogen (secondary N) is 1. The van der Waals surface area contributed by atoms with Crippen LogP contribution in [0.3, 0.4) is 0 Å². The van der Waals surface area contributed by atoms with E-state index in [2.05, 4.69) is 46.1 Å². The van der Waals surface area contributed by atoms with Gasteiger partial charge in [0.2, 0.25) is 0 Å².